The molecule has 0 aliphatic carbocycles. The van der Waals surface area contributed by atoms with E-state index in [9.17, 15) is 14.4 Å². The summed E-state index contributed by atoms with van der Waals surface area (Å²) in [6, 6.07) is 15.7. The Morgan fingerprint density at radius 1 is 0.966 bits per heavy atom. The molecule has 0 unspecified atom stereocenters. The van der Waals surface area contributed by atoms with Gasteiger partial charge in [0.05, 0.1) is 36.9 Å². The van der Waals surface area contributed by atoms with Gasteiger partial charge in [-0.2, -0.15) is 0 Å². The molecular formula is C21H20N2O6. The molecular weight excluding hydrogens is 376 g/mol. The zero-order chi connectivity index (χ0) is 20.2. The van der Waals surface area contributed by atoms with Gasteiger partial charge in [0.1, 0.15) is 6.61 Å². The molecule has 8 heteroatoms. The zero-order valence-corrected chi connectivity index (χ0v) is 15.6. The van der Waals surface area contributed by atoms with Gasteiger partial charge < -0.3 is 19.5 Å². The second-order valence-electron chi connectivity index (χ2n) is 6.77. The number of carbonyl (C=O) groups excluding carboxylic acids is 3. The van der Waals surface area contributed by atoms with Gasteiger partial charge in [-0.1, -0.05) is 42.5 Å². The maximum absolute atomic E-state index is 12.4. The van der Waals surface area contributed by atoms with Gasteiger partial charge in [0.2, 0.25) is 0 Å². The molecule has 1 saturated heterocycles. The van der Waals surface area contributed by atoms with Crippen LogP contribution in [0.25, 0.3) is 0 Å². The van der Waals surface area contributed by atoms with Crippen molar-refractivity contribution in [2.24, 2.45) is 0 Å². The van der Waals surface area contributed by atoms with E-state index in [1.807, 2.05) is 30.3 Å². The number of rotatable bonds is 5. The van der Waals surface area contributed by atoms with Crippen molar-refractivity contribution in [2.75, 3.05) is 19.8 Å². The van der Waals surface area contributed by atoms with Crippen molar-refractivity contribution in [2.45, 2.75) is 18.9 Å². The first-order valence-electron chi connectivity index (χ1n) is 9.27. The lowest BCUT2D eigenvalue weighted by atomic mass is 10.1. The molecule has 3 amide bonds. The van der Waals surface area contributed by atoms with Gasteiger partial charge in [0, 0.05) is 0 Å². The first-order valence-corrected chi connectivity index (χ1v) is 9.27. The quantitative estimate of drug-likeness (QED) is 0.777. The molecule has 2 aromatic carbocycles. The Morgan fingerprint density at radius 2 is 1.55 bits per heavy atom. The molecule has 0 saturated carbocycles. The van der Waals surface area contributed by atoms with E-state index in [1.54, 1.807) is 24.3 Å². The van der Waals surface area contributed by atoms with Crippen molar-refractivity contribution in [3.63, 3.8) is 0 Å². The van der Waals surface area contributed by atoms with E-state index in [1.165, 1.54) is 0 Å². The standard InChI is InChI=1S/C21H20N2O6/c24-19-16-8-4-5-9-17(16)20(25)23(19)10-18-27-12-15(13-28-18)22-21(26)29-11-14-6-2-1-3-7-14/h1-9,15,18H,10-13H2,(H,22,26). The SMILES string of the molecule is O=C(NC1COC(CN2C(=O)c3ccccc3C2=O)OC1)OCc1ccccc1. The molecule has 8 nitrogen and oxygen atoms in total. The lowest BCUT2D eigenvalue weighted by Gasteiger charge is -2.31. The average Bonchev–Trinajstić information content (AvgIpc) is 2.99. The van der Waals surface area contributed by atoms with Crippen LogP contribution in [0.15, 0.2) is 54.6 Å². The van der Waals surface area contributed by atoms with Gasteiger partial charge in [-0.05, 0) is 17.7 Å². The van der Waals surface area contributed by atoms with Crippen LogP contribution in [0.5, 0.6) is 0 Å². The molecule has 0 spiro atoms. The first-order chi connectivity index (χ1) is 14.1. The van der Waals surface area contributed by atoms with Crippen molar-refractivity contribution in [3.05, 3.63) is 71.3 Å². The summed E-state index contributed by atoms with van der Waals surface area (Å²) in [4.78, 5) is 37.8. The molecule has 1 N–H and O–H groups in total. The third-order valence-corrected chi connectivity index (χ3v) is 4.71. The number of nitrogens with zero attached hydrogens (tertiary/aromatic N) is 1. The van der Waals surface area contributed by atoms with Crippen LogP contribution in [0, 0.1) is 0 Å². The summed E-state index contributed by atoms with van der Waals surface area (Å²) in [6.07, 6.45) is -1.31. The summed E-state index contributed by atoms with van der Waals surface area (Å²) in [5.74, 6) is -0.718. The largest absolute Gasteiger partial charge is 0.445 e. The number of hydrogen-bond acceptors (Lipinski definition) is 6. The van der Waals surface area contributed by atoms with Gasteiger partial charge in [-0.3, -0.25) is 14.5 Å². The van der Waals surface area contributed by atoms with Crippen molar-refractivity contribution < 1.29 is 28.6 Å². The number of hydrogen-bond donors (Lipinski definition) is 1. The summed E-state index contributed by atoms with van der Waals surface area (Å²) < 4.78 is 16.3. The Bertz CT molecular complexity index is 873. The minimum atomic E-state index is -0.740. The number of ether oxygens (including phenoxy) is 3. The Labute approximate surface area is 167 Å². The predicted molar refractivity (Wildman–Crippen MR) is 101 cm³/mol. The minimum Gasteiger partial charge on any atom is -0.445 e. The van der Waals surface area contributed by atoms with E-state index >= 15 is 0 Å². The van der Waals surface area contributed by atoms with Crippen molar-refractivity contribution >= 4 is 17.9 Å². The van der Waals surface area contributed by atoms with Crippen LogP contribution in [0.3, 0.4) is 0 Å². The number of carbonyl (C=O) groups is 3. The minimum absolute atomic E-state index is 0.00246. The van der Waals surface area contributed by atoms with E-state index in [0.29, 0.717) is 11.1 Å². The van der Waals surface area contributed by atoms with Crippen LogP contribution in [0.4, 0.5) is 4.79 Å². The molecule has 0 bridgehead atoms. The maximum atomic E-state index is 12.4. The van der Waals surface area contributed by atoms with E-state index in [4.69, 9.17) is 14.2 Å². The van der Waals surface area contributed by atoms with Crippen LogP contribution in [-0.4, -0.2) is 54.9 Å². The molecule has 0 radical (unpaired) electrons. The molecule has 29 heavy (non-hydrogen) atoms. The van der Waals surface area contributed by atoms with E-state index in [-0.39, 0.29) is 44.2 Å². The topological polar surface area (TPSA) is 94.2 Å². The van der Waals surface area contributed by atoms with Crippen LogP contribution in [0.2, 0.25) is 0 Å². The van der Waals surface area contributed by atoms with E-state index in [2.05, 4.69) is 5.32 Å². The highest BCUT2D eigenvalue weighted by Gasteiger charge is 2.38. The number of nitrogens with one attached hydrogen (secondary N) is 1. The zero-order valence-electron chi connectivity index (χ0n) is 15.6. The summed E-state index contributed by atoms with van der Waals surface area (Å²) in [7, 11) is 0. The van der Waals surface area contributed by atoms with E-state index in [0.717, 1.165) is 10.5 Å². The molecule has 1 fully saturated rings. The van der Waals surface area contributed by atoms with Crippen molar-refractivity contribution in [1.82, 2.24) is 10.2 Å². The number of fused-ring (bicyclic) bond motifs is 1. The summed E-state index contributed by atoms with van der Waals surface area (Å²) in [5.41, 5.74) is 1.66. The normalized spacial score (nSPS) is 21.0. The van der Waals surface area contributed by atoms with Crippen LogP contribution in [-0.2, 0) is 20.8 Å². The Hall–Kier alpha value is -3.23. The van der Waals surface area contributed by atoms with Gasteiger partial charge in [-0.15, -0.1) is 0 Å². The Kier molecular flexibility index (Phi) is 5.55. The third-order valence-electron chi connectivity index (χ3n) is 4.71. The first kappa shape index (κ1) is 19.1. The fourth-order valence-corrected chi connectivity index (χ4v) is 3.22. The fourth-order valence-electron chi connectivity index (χ4n) is 3.22. The van der Waals surface area contributed by atoms with Gasteiger partial charge >= 0.3 is 6.09 Å². The van der Waals surface area contributed by atoms with Gasteiger partial charge in [-0.25, -0.2) is 4.79 Å². The van der Waals surface area contributed by atoms with Crippen LogP contribution < -0.4 is 5.32 Å². The van der Waals surface area contributed by atoms with Crippen LogP contribution in [0.1, 0.15) is 26.3 Å². The lowest BCUT2D eigenvalue weighted by Crippen LogP contribution is -2.50. The molecule has 2 aromatic rings. The number of alkyl carbamates (subject to hydrolysis) is 1. The summed E-state index contributed by atoms with van der Waals surface area (Å²) in [6.45, 7) is 0.545. The smallest absolute Gasteiger partial charge is 0.407 e. The second-order valence-corrected chi connectivity index (χ2v) is 6.77. The highest BCUT2D eigenvalue weighted by Crippen LogP contribution is 2.23. The second kappa shape index (κ2) is 8.42. The Balaban J connectivity index is 1.22. The maximum Gasteiger partial charge on any atom is 0.407 e. The molecule has 2 heterocycles. The molecule has 0 aromatic heterocycles. The van der Waals surface area contributed by atoms with Gasteiger partial charge in [0.25, 0.3) is 11.8 Å². The Morgan fingerprint density at radius 3 is 2.17 bits per heavy atom. The van der Waals surface area contributed by atoms with Crippen molar-refractivity contribution in [1.29, 1.82) is 0 Å². The highest BCUT2D eigenvalue weighted by atomic mass is 16.7. The molecule has 4 rings (SSSR count). The number of benzene rings is 2. The monoisotopic (exact) mass is 396 g/mol. The fraction of sp³-hybridized carbons (Fsp3) is 0.286. The van der Waals surface area contributed by atoms with Crippen LogP contribution >= 0.6 is 0 Å². The molecule has 150 valence electrons. The molecule has 2 aliphatic rings. The van der Waals surface area contributed by atoms with Gasteiger partial charge in [0.15, 0.2) is 6.29 Å². The summed E-state index contributed by atoms with van der Waals surface area (Å²) >= 11 is 0. The third kappa shape index (κ3) is 4.28. The van der Waals surface area contributed by atoms with E-state index < -0.39 is 12.4 Å². The lowest BCUT2D eigenvalue weighted by molar-refractivity contribution is -0.190. The highest BCUT2D eigenvalue weighted by molar-refractivity contribution is 6.21. The molecule has 2 aliphatic heterocycles. The number of imide groups is 1. The molecule has 0 atom stereocenters. The average molecular weight is 396 g/mol. The number of amides is 3. The summed E-state index contributed by atoms with van der Waals surface area (Å²) in [5, 5.41) is 2.68. The predicted octanol–water partition coefficient (Wildman–Crippen LogP) is 1.95. The van der Waals surface area contributed by atoms with Crippen molar-refractivity contribution in [3.8, 4) is 0 Å².